The number of hydrogen-bond acceptors (Lipinski definition) is 2. The number of nitrogens with one attached hydrogen (secondary N) is 1. The summed E-state index contributed by atoms with van der Waals surface area (Å²) in [6.07, 6.45) is 1.22. The molecule has 4 aromatic carbocycles. The maximum atomic E-state index is 13.8. The Morgan fingerprint density at radius 3 is 1.97 bits per heavy atom. The van der Waals surface area contributed by atoms with E-state index in [0.717, 1.165) is 22.3 Å². The second kappa shape index (κ2) is 14.2. The second-order valence-electron chi connectivity index (χ2n) is 9.29. The maximum absolute atomic E-state index is 13.8. The summed E-state index contributed by atoms with van der Waals surface area (Å²) in [6.45, 7) is 0.491. The highest BCUT2D eigenvalue weighted by Crippen LogP contribution is 2.22. The van der Waals surface area contributed by atoms with Crippen molar-refractivity contribution in [3.63, 3.8) is 0 Å². The van der Waals surface area contributed by atoms with Gasteiger partial charge in [0.1, 0.15) is 6.04 Å². The van der Waals surface area contributed by atoms with Crippen LogP contribution in [0.1, 0.15) is 28.7 Å². The maximum Gasteiger partial charge on any atom is 0.243 e. The topological polar surface area (TPSA) is 49.4 Å². The normalized spacial score (nSPS) is 11.6. The van der Waals surface area contributed by atoms with Crippen LogP contribution in [0.5, 0.6) is 0 Å². The van der Waals surface area contributed by atoms with Gasteiger partial charge in [0.15, 0.2) is 0 Å². The van der Waals surface area contributed by atoms with Crippen LogP contribution in [0.2, 0.25) is 15.1 Å². The quantitative estimate of drug-likeness (QED) is 0.200. The molecule has 0 aliphatic heterocycles. The highest BCUT2D eigenvalue weighted by atomic mass is 35.5. The highest BCUT2D eigenvalue weighted by molar-refractivity contribution is 6.35. The van der Waals surface area contributed by atoms with Crippen molar-refractivity contribution < 1.29 is 9.59 Å². The van der Waals surface area contributed by atoms with E-state index in [1.807, 2.05) is 72.8 Å². The number of hydrogen-bond donors (Lipinski definition) is 1. The number of nitrogens with zero attached hydrogens (tertiary/aromatic N) is 1. The second-order valence-corrected chi connectivity index (χ2v) is 10.6. The molecule has 0 saturated heterocycles. The summed E-state index contributed by atoms with van der Waals surface area (Å²) >= 11 is 18.5. The molecule has 0 aliphatic carbocycles. The van der Waals surface area contributed by atoms with Gasteiger partial charge in [-0.05, 0) is 52.9 Å². The average molecular weight is 580 g/mol. The fourth-order valence-corrected chi connectivity index (χ4v) is 4.95. The molecule has 0 aromatic heterocycles. The summed E-state index contributed by atoms with van der Waals surface area (Å²) < 4.78 is 0. The molecule has 0 aliphatic rings. The highest BCUT2D eigenvalue weighted by Gasteiger charge is 2.30. The Morgan fingerprint density at radius 1 is 0.718 bits per heavy atom. The first kappa shape index (κ1) is 28.7. The predicted molar refractivity (Wildman–Crippen MR) is 159 cm³/mol. The number of halogens is 3. The van der Waals surface area contributed by atoms with Crippen LogP contribution in [-0.2, 0) is 35.5 Å². The predicted octanol–water partition coefficient (Wildman–Crippen LogP) is 7.54. The molecule has 0 bridgehead atoms. The lowest BCUT2D eigenvalue weighted by Crippen LogP contribution is -2.50. The third kappa shape index (κ3) is 8.59. The van der Waals surface area contributed by atoms with Gasteiger partial charge in [0.2, 0.25) is 11.8 Å². The number of carbonyl (C=O) groups is 2. The van der Waals surface area contributed by atoms with Gasteiger partial charge in [0.25, 0.3) is 0 Å². The Balaban J connectivity index is 1.61. The molecule has 0 fully saturated rings. The van der Waals surface area contributed by atoms with E-state index >= 15 is 0 Å². The molecular weight excluding hydrogens is 551 g/mol. The molecule has 0 radical (unpaired) electrons. The standard InChI is InChI=1S/C32H29Cl3N2O2/c33-27-15-11-25(12-16-27)22-37(31(38)18-13-23-7-3-1-4-8-23)30(19-24-9-5-2-6-10-24)32(39)36-21-26-14-17-28(34)20-29(26)35/h1-12,14-17,20,30H,13,18-19,21-22H2,(H,36,39)/t30-/m0/s1. The smallest absolute Gasteiger partial charge is 0.243 e. The van der Waals surface area contributed by atoms with E-state index in [4.69, 9.17) is 34.8 Å². The van der Waals surface area contributed by atoms with Crippen molar-refractivity contribution in [2.45, 2.75) is 38.4 Å². The molecule has 4 aromatic rings. The Kier molecular flexibility index (Phi) is 10.4. The van der Waals surface area contributed by atoms with Crippen molar-refractivity contribution >= 4 is 46.6 Å². The molecule has 0 unspecified atom stereocenters. The minimum absolute atomic E-state index is 0.102. The third-order valence-electron chi connectivity index (χ3n) is 6.48. The number of amides is 2. The average Bonchev–Trinajstić information content (AvgIpc) is 2.95. The van der Waals surface area contributed by atoms with Gasteiger partial charge in [-0.3, -0.25) is 9.59 Å². The van der Waals surface area contributed by atoms with Crippen molar-refractivity contribution in [2.75, 3.05) is 0 Å². The van der Waals surface area contributed by atoms with Crippen LogP contribution in [0, 0.1) is 0 Å². The van der Waals surface area contributed by atoms with Crippen LogP contribution in [-0.4, -0.2) is 22.8 Å². The minimum Gasteiger partial charge on any atom is -0.350 e. The summed E-state index contributed by atoms with van der Waals surface area (Å²) in [5, 5.41) is 4.61. The summed E-state index contributed by atoms with van der Waals surface area (Å²) in [6, 6.07) is 31.3. The van der Waals surface area contributed by atoms with Gasteiger partial charge in [-0.15, -0.1) is 0 Å². The van der Waals surface area contributed by atoms with Gasteiger partial charge in [-0.25, -0.2) is 0 Å². The Bertz CT molecular complexity index is 1380. The molecule has 4 rings (SSSR count). The lowest BCUT2D eigenvalue weighted by atomic mass is 10.0. The molecule has 1 atom stereocenters. The molecule has 200 valence electrons. The largest absolute Gasteiger partial charge is 0.350 e. The van der Waals surface area contributed by atoms with Gasteiger partial charge in [0.05, 0.1) is 0 Å². The van der Waals surface area contributed by atoms with E-state index in [1.54, 1.807) is 35.2 Å². The Hall–Kier alpha value is -3.31. The number of carbonyl (C=O) groups excluding carboxylic acids is 2. The van der Waals surface area contributed by atoms with Crippen molar-refractivity contribution in [2.24, 2.45) is 0 Å². The molecule has 2 amide bonds. The molecular formula is C32H29Cl3N2O2. The Labute approximate surface area is 244 Å². The van der Waals surface area contributed by atoms with Crippen LogP contribution < -0.4 is 5.32 Å². The van der Waals surface area contributed by atoms with Crippen LogP contribution in [0.4, 0.5) is 0 Å². The lowest BCUT2D eigenvalue weighted by Gasteiger charge is -2.32. The molecule has 1 N–H and O–H groups in total. The van der Waals surface area contributed by atoms with Crippen molar-refractivity contribution in [3.05, 3.63) is 140 Å². The first-order chi connectivity index (χ1) is 18.9. The van der Waals surface area contributed by atoms with Gasteiger partial charge >= 0.3 is 0 Å². The van der Waals surface area contributed by atoms with E-state index in [2.05, 4.69) is 5.32 Å². The molecule has 4 nitrogen and oxygen atoms in total. The first-order valence-electron chi connectivity index (χ1n) is 12.7. The number of aryl methyl sites for hydroxylation is 1. The van der Waals surface area contributed by atoms with Gasteiger partial charge in [0, 0.05) is 41.0 Å². The molecule has 39 heavy (non-hydrogen) atoms. The Morgan fingerprint density at radius 2 is 1.33 bits per heavy atom. The molecule has 7 heteroatoms. The van der Waals surface area contributed by atoms with Gasteiger partial charge in [-0.2, -0.15) is 0 Å². The number of benzene rings is 4. The van der Waals surface area contributed by atoms with Gasteiger partial charge in [-0.1, -0.05) is 114 Å². The van der Waals surface area contributed by atoms with Crippen LogP contribution in [0.15, 0.2) is 103 Å². The van der Waals surface area contributed by atoms with Crippen LogP contribution >= 0.6 is 34.8 Å². The van der Waals surface area contributed by atoms with E-state index in [9.17, 15) is 9.59 Å². The summed E-state index contributed by atoms with van der Waals surface area (Å²) in [5.74, 6) is -0.360. The fraction of sp³-hybridized carbons (Fsp3) is 0.188. The molecule has 0 saturated carbocycles. The van der Waals surface area contributed by atoms with E-state index in [1.165, 1.54) is 0 Å². The third-order valence-corrected chi connectivity index (χ3v) is 7.31. The first-order valence-corrected chi connectivity index (χ1v) is 13.9. The molecule has 0 spiro atoms. The summed E-state index contributed by atoms with van der Waals surface area (Å²) in [7, 11) is 0. The van der Waals surface area contributed by atoms with Crippen molar-refractivity contribution in [1.82, 2.24) is 10.2 Å². The zero-order chi connectivity index (χ0) is 27.6. The van der Waals surface area contributed by atoms with E-state index in [-0.39, 0.29) is 31.3 Å². The monoisotopic (exact) mass is 578 g/mol. The zero-order valence-electron chi connectivity index (χ0n) is 21.3. The molecule has 0 heterocycles. The minimum atomic E-state index is -0.738. The van der Waals surface area contributed by atoms with Crippen LogP contribution in [0.3, 0.4) is 0 Å². The van der Waals surface area contributed by atoms with E-state index < -0.39 is 6.04 Å². The van der Waals surface area contributed by atoms with E-state index in [0.29, 0.717) is 27.9 Å². The van der Waals surface area contributed by atoms with Crippen molar-refractivity contribution in [3.8, 4) is 0 Å². The lowest BCUT2D eigenvalue weighted by molar-refractivity contribution is -0.141. The fourth-order valence-electron chi connectivity index (χ4n) is 4.35. The number of rotatable bonds is 11. The SMILES string of the molecule is O=C(NCc1ccc(Cl)cc1Cl)[C@H](Cc1ccccc1)N(Cc1ccc(Cl)cc1)C(=O)CCc1ccccc1. The van der Waals surface area contributed by atoms with Crippen LogP contribution in [0.25, 0.3) is 0 Å². The zero-order valence-corrected chi connectivity index (χ0v) is 23.6. The summed E-state index contributed by atoms with van der Waals surface area (Å²) in [5.41, 5.74) is 3.66. The van der Waals surface area contributed by atoms with Crippen molar-refractivity contribution in [1.29, 1.82) is 0 Å². The summed E-state index contributed by atoms with van der Waals surface area (Å²) in [4.78, 5) is 29.2. The van der Waals surface area contributed by atoms with Gasteiger partial charge < -0.3 is 10.2 Å².